The van der Waals surface area contributed by atoms with E-state index in [2.05, 4.69) is 27.1 Å². The monoisotopic (exact) mass is 260 g/mol. The second kappa shape index (κ2) is 5.59. The maximum absolute atomic E-state index is 5.37. The van der Waals surface area contributed by atoms with E-state index in [9.17, 15) is 0 Å². The molecule has 0 atom stereocenters. The van der Waals surface area contributed by atoms with Gasteiger partial charge in [0.05, 0.1) is 11.6 Å². The van der Waals surface area contributed by atoms with Gasteiger partial charge in [-0.2, -0.15) is 0 Å². The van der Waals surface area contributed by atoms with E-state index in [1.54, 1.807) is 12.5 Å². The summed E-state index contributed by atoms with van der Waals surface area (Å²) in [6.45, 7) is 6.61. The zero-order valence-corrected chi connectivity index (χ0v) is 11.3. The summed E-state index contributed by atoms with van der Waals surface area (Å²) in [5.41, 5.74) is 0.886. The summed E-state index contributed by atoms with van der Waals surface area (Å²) in [6.07, 6.45) is 3.49. The molecule has 0 aromatic carbocycles. The highest BCUT2D eigenvalue weighted by molar-refractivity contribution is 5.87. The number of pyridine rings is 1. The molecule has 0 amide bonds. The van der Waals surface area contributed by atoms with Crippen LogP contribution in [0.2, 0.25) is 0 Å². The first-order valence-electron chi connectivity index (χ1n) is 6.80. The summed E-state index contributed by atoms with van der Waals surface area (Å²) in [6, 6.07) is 3.85. The van der Waals surface area contributed by atoms with Crippen LogP contribution in [0.5, 0.6) is 0 Å². The Balaban J connectivity index is 1.53. The van der Waals surface area contributed by atoms with Crippen LogP contribution in [0.3, 0.4) is 0 Å². The topological polar surface area (TPSA) is 44.5 Å². The lowest BCUT2D eigenvalue weighted by atomic mass is 10.3. The van der Waals surface area contributed by atoms with Gasteiger partial charge in [-0.05, 0) is 19.2 Å². The molecule has 1 fully saturated rings. The molecule has 102 valence electrons. The maximum Gasteiger partial charge on any atom is 0.139 e. The molecule has 5 nitrogen and oxygen atoms in total. The number of aromatic nitrogens is 1. The summed E-state index contributed by atoms with van der Waals surface area (Å²) in [7, 11) is 2.18. The molecule has 0 saturated carbocycles. The molecule has 19 heavy (non-hydrogen) atoms. The third-order valence-electron chi connectivity index (χ3n) is 3.70. The van der Waals surface area contributed by atoms with Crippen LogP contribution in [0, 0.1) is 0 Å². The van der Waals surface area contributed by atoms with Crippen LogP contribution in [0.4, 0.5) is 5.82 Å². The lowest BCUT2D eigenvalue weighted by Crippen LogP contribution is -2.45. The fourth-order valence-corrected chi connectivity index (χ4v) is 2.44. The number of furan rings is 1. The van der Waals surface area contributed by atoms with E-state index in [1.807, 2.05) is 12.1 Å². The van der Waals surface area contributed by atoms with Crippen molar-refractivity contribution in [1.29, 1.82) is 0 Å². The molecule has 1 aliphatic rings. The van der Waals surface area contributed by atoms with Gasteiger partial charge in [-0.3, -0.25) is 4.90 Å². The number of nitrogens with one attached hydrogen (secondary N) is 1. The Bertz CT molecular complexity index is 531. The molecule has 2 aromatic rings. The number of rotatable bonds is 4. The molecule has 1 aliphatic heterocycles. The van der Waals surface area contributed by atoms with Crippen LogP contribution >= 0.6 is 0 Å². The first kappa shape index (κ1) is 12.4. The summed E-state index contributed by atoms with van der Waals surface area (Å²) in [5.74, 6) is 0.917. The first-order valence-corrected chi connectivity index (χ1v) is 6.80. The van der Waals surface area contributed by atoms with E-state index >= 15 is 0 Å². The molecule has 5 heteroatoms. The Kier molecular flexibility index (Phi) is 3.66. The molecule has 0 radical (unpaired) electrons. The van der Waals surface area contributed by atoms with E-state index in [1.165, 1.54) is 0 Å². The number of piperazine rings is 1. The van der Waals surface area contributed by atoms with E-state index in [4.69, 9.17) is 4.42 Å². The number of nitrogens with zero attached hydrogens (tertiary/aromatic N) is 3. The van der Waals surface area contributed by atoms with Gasteiger partial charge in [0.2, 0.25) is 0 Å². The van der Waals surface area contributed by atoms with E-state index in [-0.39, 0.29) is 0 Å². The van der Waals surface area contributed by atoms with Crippen LogP contribution in [-0.4, -0.2) is 61.1 Å². The van der Waals surface area contributed by atoms with Crippen LogP contribution < -0.4 is 5.32 Å². The third-order valence-corrected chi connectivity index (χ3v) is 3.70. The highest BCUT2D eigenvalue weighted by atomic mass is 16.3. The summed E-state index contributed by atoms with van der Waals surface area (Å²) in [4.78, 5) is 9.24. The molecule has 3 heterocycles. The minimum Gasteiger partial charge on any atom is -0.464 e. The van der Waals surface area contributed by atoms with Crippen molar-refractivity contribution in [2.75, 3.05) is 51.6 Å². The summed E-state index contributed by atoms with van der Waals surface area (Å²) < 4.78 is 5.37. The SMILES string of the molecule is CN1CCN(CCNc2nccc3occc23)CC1. The van der Waals surface area contributed by atoms with Crippen molar-refractivity contribution in [3.05, 3.63) is 24.6 Å². The number of hydrogen-bond donors (Lipinski definition) is 1. The van der Waals surface area contributed by atoms with Gasteiger partial charge in [0.1, 0.15) is 11.4 Å². The molecule has 0 aliphatic carbocycles. The average Bonchev–Trinajstić information content (AvgIpc) is 2.90. The number of hydrogen-bond acceptors (Lipinski definition) is 5. The Morgan fingerprint density at radius 3 is 2.95 bits per heavy atom. The Morgan fingerprint density at radius 2 is 2.11 bits per heavy atom. The minimum atomic E-state index is 0.886. The molecule has 0 spiro atoms. The lowest BCUT2D eigenvalue weighted by molar-refractivity contribution is 0.158. The number of anilines is 1. The zero-order chi connectivity index (χ0) is 13.1. The Hall–Kier alpha value is -1.59. The highest BCUT2D eigenvalue weighted by Gasteiger charge is 2.13. The van der Waals surface area contributed by atoms with Crippen molar-refractivity contribution in [2.45, 2.75) is 0 Å². The highest BCUT2D eigenvalue weighted by Crippen LogP contribution is 2.21. The van der Waals surface area contributed by atoms with Gasteiger partial charge in [-0.15, -0.1) is 0 Å². The normalized spacial score (nSPS) is 17.9. The Morgan fingerprint density at radius 1 is 1.26 bits per heavy atom. The van der Waals surface area contributed by atoms with Gasteiger partial charge in [-0.1, -0.05) is 0 Å². The standard InChI is InChI=1S/C14H20N4O/c1-17-7-9-18(10-8-17)6-5-16-14-12-3-11-19-13(12)2-4-15-14/h2-4,11H,5-10H2,1H3,(H,15,16). The van der Waals surface area contributed by atoms with Crippen LogP contribution in [0.15, 0.2) is 29.0 Å². The van der Waals surface area contributed by atoms with Crippen molar-refractivity contribution in [1.82, 2.24) is 14.8 Å². The average molecular weight is 260 g/mol. The van der Waals surface area contributed by atoms with E-state index in [0.717, 1.165) is 56.1 Å². The third kappa shape index (κ3) is 2.88. The van der Waals surface area contributed by atoms with Gasteiger partial charge >= 0.3 is 0 Å². The molecular formula is C14H20N4O. The van der Waals surface area contributed by atoms with Gasteiger partial charge in [0.15, 0.2) is 0 Å². The summed E-state index contributed by atoms with van der Waals surface area (Å²) >= 11 is 0. The van der Waals surface area contributed by atoms with Gasteiger partial charge < -0.3 is 14.6 Å². The van der Waals surface area contributed by atoms with Gasteiger partial charge in [0, 0.05) is 45.5 Å². The molecule has 2 aromatic heterocycles. The zero-order valence-electron chi connectivity index (χ0n) is 11.3. The van der Waals surface area contributed by atoms with Crippen LogP contribution in [0.25, 0.3) is 11.0 Å². The van der Waals surface area contributed by atoms with Crippen molar-refractivity contribution in [3.63, 3.8) is 0 Å². The number of fused-ring (bicyclic) bond motifs is 1. The van der Waals surface area contributed by atoms with Crippen molar-refractivity contribution in [2.24, 2.45) is 0 Å². The lowest BCUT2D eigenvalue weighted by Gasteiger charge is -2.32. The van der Waals surface area contributed by atoms with E-state index in [0.29, 0.717) is 0 Å². The molecule has 1 N–H and O–H groups in total. The molecular weight excluding hydrogens is 240 g/mol. The second-order valence-corrected chi connectivity index (χ2v) is 5.06. The predicted molar refractivity (Wildman–Crippen MR) is 76.4 cm³/mol. The maximum atomic E-state index is 5.37. The quantitative estimate of drug-likeness (QED) is 0.902. The van der Waals surface area contributed by atoms with Crippen molar-refractivity contribution < 1.29 is 4.42 Å². The molecule has 0 unspecified atom stereocenters. The van der Waals surface area contributed by atoms with Crippen LogP contribution in [0.1, 0.15) is 0 Å². The van der Waals surface area contributed by atoms with Crippen molar-refractivity contribution in [3.8, 4) is 0 Å². The predicted octanol–water partition coefficient (Wildman–Crippen LogP) is 1.49. The van der Waals surface area contributed by atoms with Gasteiger partial charge in [-0.25, -0.2) is 4.98 Å². The Labute approximate surface area is 113 Å². The second-order valence-electron chi connectivity index (χ2n) is 5.06. The smallest absolute Gasteiger partial charge is 0.139 e. The minimum absolute atomic E-state index is 0.886. The molecule has 1 saturated heterocycles. The summed E-state index contributed by atoms with van der Waals surface area (Å²) in [5, 5.41) is 4.46. The van der Waals surface area contributed by atoms with Crippen molar-refractivity contribution >= 4 is 16.8 Å². The van der Waals surface area contributed by atoms with Gasteiger partial charge in [0.25, 0.3) is 0 Å². The molecule has 0 bridgehead atoms. The van der Waals surface area contributed by atoms with Crippen LogP contribution in [-0.2, 0) is 0 Å². The number of likely N-dealkylation sites (N-methyl/N-ethyl adjacent to an activating group) is 1. The first-order chi connectivity index (χ1) is 9.33. The molecule has 3 rings (SSSR count). The fraction of sp³-hybridized carbons (Fsp3) is 0.500. The largest absolute Gasteiger partial charge is 0.464 e. The fourth-order valence-electron chi connectivity index (χ4n) is 2.44. The van der Waals surface area contributed by atoms with E-state index < -0.39 is 0 Å².